The van der Waals surface area contributed by atoms with Crippen molar-refractivity contribution in [1.82, 2.24) is 20.5 Å². The summed E-state index contributed by atoms with van der Waals surface area (Å²) >= 11 is 0. The van der Waals surface area contributed by atoms with Crippen LogP contribution in [0.1, 0.15) is 26.6 Å². The van der Waals surface area contributed by atoms with Gasteiger partial charge in [-0.1, -0.05) is 0 Å². The Hall–Kier alpha value is -2.31. The number of aromatic nitrogens is 3. The highest BCUT2D eigenvalue weighted by Crippen LogP contribution is 2.14. The quantitative estimate of drug-likeness (QED) is 0.885. The molecule has 2 aromatic rings. The fourth-order valence-corrected chi connectivity index (χ4v) is 1.36. The summed E-state index contributed by atoms with van der Waals surface area (Å²) in [6.45, 7) is 5.62. The van der Waals surface area contributed by atoms with Crippen molar-refractivity contribution in [2.75, 3.05) is 0 Å². The van der Waals surface area contributed by atoms with Crippen molar-refractivity contribution in [3.05, 3.63) is 24.2 Å². The first kappa shape index (κ1) is 13.1. The first-order valence-electron chi connectivity index (χ1n) is 5.86. The molecule has 102 valence electrons. The number of H-pyrrole nitrogens is 1. The van der Waals surface area contributed by atoms with Crippen LogP contribution >= 0.6 is 0 Å². The van der Waals surface area contributed by atoms with Gasteiger partial charge >= 0.3 is 6.09 Å². The lowest BCUT2D eigenvalue weighted by atomic mass is 10.2. The number of carbonyl (C=O) groups is 1. The second kappa shape index (κ2) is 5.13. The molecule has 19 heavy (non-hydrogen) atoms. The van der Waals surface area contributed by atoms with Gasteiger partial charge in [-0.2, -0.15) is 0 Å². The van der Waals surface area contributed by atoms with Crippen LogP contribution in [0.5, 0.6) is 0 Å². The summed E-state index contributed by atoms with van der Waals surface area (Å²) in [5.74, 6) is 1.54. The van der Waals surface area contributed by atoms with Gasteiger partial charge in [0.25, 0.3) is 0 Å². The van der Waals surface area contributed by atoms with Crippen molar-refractivity contribution < 1.29 is 13.9 Å². The van der Waals surface area contributed by atoms with Gasteiger partial charge in [-0.15, -0.1) is 5.10 Å². The molecular weight excluding hydrogens is 248 g/mol. The van der Waals surface area contributed by atoms with Crippen LogP contribution in [-0.2, 0) is 11.3 Å². The molecule has 0 aliphatic rings. The Morgan fingerprint density at radius 1 is 1.53 bits per heavy atom. The van der Waals surface area contributed by atoms with Gasteiger partial charge in [0.2, 0.25) is 5.82 Å². The number of hydrogen-bond donors (Lipinski definition) is 2. The number of hydrogen-bond acceptors (Lipinski definition) is 5. The van der Waals surface area contributed by atoms with Gasteiger partial charge in [0.1, 0.15) is 11.4 Å². The zero-order valence-corrected chi connectivity index (χ0v) is 11.1. The monoisotopic (exact) mass is 264 g/mol. The van der Waals surface area contributed by atoms with E-state index in [-0.39, 0.29) is 6.54 Å². The molecule has 0 saturated heterocycles. The van der Waals surface area contributed by atoms with E-state index in [4.69, 9.17) is 9.15 Å². The molecule has 7 heteroatoms. The van der Waals surface area contributed by atoms with Gasteiger partial charge in [0.15, 0.2) is 5.76 Å². The highest BCUT2D eigenvalue weighted by atomic mass is 16.6. The molecule has 2 rings (SSSR count). The summed E-state index contributed by atoms with van der Waals surface area (Å²) < 4.78 is 10.3. The molecule has 0 fully saturated rings. The van der Waals surface area contributed by atoms with Gasteiger partial charge < -0.3 is 14.5 Å². The minimum Gasteiger partial charge on any atom is -0.461 e. The van der Waals surface area contributed by atoms with Crippen molar-refractivity contribution in [3.63, 3.8) is 0 Å². The van der Waals surface area contributed by atoms with E-state index in [1.54, 1.807) is 39.2 Å². The van der Waals surface area contributed by atoms with Gasteiger partial charge in [0, 0.05) is 0 Å². The molecule has 0 spiro atoms. The van der Waals surface area contributed by atoms with E-state index in [0.717, 1.165) is 0 Å². The summed E-state index contributed by atoms with van der Waals surface area (Å²) in [7, 11) is 0. The standard InChI is InChI=1S/C12H16N4O3/c1-12(2,3)19-11(17)13-7-9-14-10(16-15-9)8-5-4-6-18-8/h4-6H,7H2,1-3H3,(H,13,17)(H,14,15,16). The summed E-state index contributed by atoms with van der Waals surface area (Å²) in [5, 5.41) is 9.30. The lowest BCUT2D eigenvalue weighted by Crippen LogP contribution is -2.32. The Morgan fingerprint density at radius 3 is 2.95 bits per heavy atom. The van der Waals surface area contributed by atoms with Crippen molar-refractivity contribution in [2.24, 2.45) is 0 Å². The molecule has 0 radical (unpaired) electrons. The summed E-state index contributed by atoms with van der Waals surface area (Å²) in [6, 6.07) is 3.51. The van der Waals surface area contributed by atoms with E-state index in [9.17, 15) is 4.79 Å². The molecule has 2 heterocycles. The molecule has 1 amide bonds. The maximum atomic E-state index is 11.5. The Morgan fingerprint density at radius 2 is 2.32 bits per heavy atom. The minimum atomic E-state index is -0.523. The lowest BCUT2D eigenvalue weighted by molar-refractivity contribution is 0.0522. The number of furan rings is 1. The molecule has 2 N–H and O–H groups in total. The van der Waals surface area contributed by atoms with Crippen LogP contribution in [-0.4, -0.2) is 26.9 Å². The second-order valence-electron chi connectivity index (χ2n) is 4.94. The summed E-state index contributed by atoms with van der Waals surface area (Å²) in [4.78, 5) is 15.6. The van der Waals surface area contributed by atoms with Crippen LogP contribution in [0.2, 0.25) is 0 Å². The van der Waals surface area contributed by atoms with E-state index in [2.05, 4.69) is 20.5 Å². The lowest BCUT2D eigenvalue weighted by Gasteiger charge is -2.19. The summed E-state index contributed by atoms with van der Waals surface area (Å²) in [5.41, 5.74) is -0.523. The van der Waals surface area contributed by atoms with Crippen LogP contribution in [0.4, 0.5) is 4.79 Å². The average Bonchev–Trinajstić information content (AvgIpc) is 2.95. The van der Waals surface area contributed by atoms with Crippen LogP contribution in [0.15, 0.2) is 22.8 Å². The molecule has 7 nitrogen and oxygen atoms in total. The Balaban J connectivity index is 1.89. The topological polar surface area (TPSA) is 93.0 Å². The van der Waals surface area contributed by atoms with E-state index >= 15 is 0 Å². The van der Waals surface area contributed by atoms with Crippen molar-refractivity contribution >= 4 is 6.09 Å². The molecule has 0 unspecified atom stereocenters. The molecular formula is C12H16N4O3. The van der Waals surface area contributed by atoms with Crippen LogP contribution in [0.25, 0.3) is 11.6 Å². The third-order valence-electron chi connectivity index (χ3n) is 2.07. The van der Waals surface area contributed by atoms with Gasteiger partial charge in [-0.3, -0.25) is 5.10 Å². The molecule has 2 aromatic heterocycles. The zero-order valence-electron chi connectivity index (χ0n) is 11.1. The number of nitrogens with one attached hydrogen (secondary N) is 2. The molecule has 0 aliphatic heterocycles. The highest BCUT2D eigenvalue weighted by molar-refractivity contribution is 5.67. The van der Waals surface area contributed by atoms with Crippen LogP contribution < -0.4 is 5.32 Å². The molecule has 0 atom stereocenters. The maximum absolute atomic E-state index is 11.5. The molecule has 0 saturated carbocycles. The number of nitrogens with zero attached hydrogens (tertiary/aromatic N) is 2. The van der Waals surface area contributed by atoms with E-state index < -0.39 is 11.7 Å². The number of aromatic amines is 1. The minimum absolute atomic E-state index is 0.211. The van der Waals surface area contributed by atoms with E-state index in [1.165, 1.54) is 0 Å². The molecule has 0 bridgehead atoms. The summed E-state index contributed by atoms with van der Waals surface area (Å²) in [6.07, 6.45) is 1.05. The average molecular weight is 264 g/mol. The number of carbonyl (C=O) groups excluding carboxylic acids is 1. The number of alkyl carbamates (subject to hydrolysis) is 1. The largest absolute Gasteiger partial charge is 0.461 e. The maximum Gasteiger partial charge on any atom is 0.408 e. The van der Waals surface area contributed by atoms with E-state index in [1.807, 2.05) is 0 Å². The van der Waals surface area contributed by atoms with Gasteiger partial charge in [-0.05, 0) is 32.9 Å². The first-order valence-corrected chi connectivity index (χ1v) is 5.86. The Bertz CT molecular complexity index is 540. The molecule has 0 aromatic carbocycles. The first-order chi connectivity index (χ1) is 8.94. The number of amides is 1. The SMILES string of the molecule is CC(C)(C)OC(=O)NCc1nc(-c2ccco2)n[nH]1. The normalized spacial score (nSPS) is 11.3. The number of ether oxygens (including phenoxy) is 1. The third kappa shape index (κ3) is 3.84. The van der Waals surface area contributed by atoms with Crippen molar-refractivity contribution in [1.29, 1.82) is 0 Å². The van der Waals surface area contributed by atoms with Gasteiger partial charge in [0.05, 0.1) is 12.8 Å². The number of rotatable bonds is 3. The van der Waals surface area contributed by atoms with Crippen LogP contribution in [0, 0.1) is 0 Å². The second-order valence-corrected chi connectivity index (χ2v) is 4.94. The fraction of sp³-hybridized carbons (Fsp3) is 0.417. The highest BCUT2D eigenvalue weighted by Gasteiger charge is 2.16. The molecule has 0 aliphatic carbocycles. The predicted octanol–water partition coefficient (Wildman–Crippen LogP) is 2.09. The third-order valence-corrected chi connectivity index (χ3v) is 2.07. The van der Waals surface area contributed by atoms with Crippen molar-refractivity contribution in [3.8, 4) is 11.6 Å². The smallest absolute Gasteiger partial charge is 0.408 e. The Kier molecular flexibility index (Phi) is 3.55. The van der Waals surface area contributed by atoms with Gasteiger partial charge in [-0.25, -0.2) is 9.78 Å². The van der Waals surface area contributed by atoms with Crippen molar-refractivity contribution in [2.45, 2.75) is 32.9 Å². The zero-order chi connectivity index (χ0) is 13.9. The van der Waals surface area contributed by atoms with Crippen LogP contribution in [0.3, 0.4) is 0 Å². The predicted molar refractivity (Wildman–Crippen MR) is 67.2 cm³/mol. The fourth-order valence-electron chi connectivity index (χ4n) is 1.36. The van der Waals surface area contributed by atoms with E-state index in [0.29, 0.717) is 17.4 Å². The Labute approximate surface area is 110 Å².